The number of rotatable bonds is 17. The average Bonchev–Trinajstić information content (AvgIpc) is 1.93. The highest BCUT2D eigenvalue weighted by molar-refractivity contribution is 6.00. The van der Waals surface area contributed by atoms with Gasteiger partial charge < -0.3 is 49.5 Å². The molecule has 13 atom stereocenters. The molecule has 2 fully saturated rings. The van der Waals surface area contributed by atoms with E-state index in [9.17, 15) is 38.7 Å². The van der Waals surface area contributed by atoms with Gasteiger partial charge in [0.05, 0.1) is 31.4 Å². The van der Waals surface area contributed by atoms with Crippen molar-refractivity contribution in [2.24, 2.45) is 59.2 Å². The van der Waals surface area contributed by atoms with E-state index in [0.29, 0.717) is 39.3 Å². The maximum atomic E-state index is 15.4. The van der Waals surface area contributed by atoms with Gasteiger partial charge in [0.15, 0.2) is 17.3 Å². The van der Waals surface area contributed by atoms with Gasteiger partial charge in [-0.3, -0.25) is 57.6 Å². The highest BCUT2D eigenvalue weighted by Gasteiger charge is 2.46. The van der Waals surface area contributed by atoms with E-state index in [1.165, 1.54) is 90.6 Å². The van der Waals surface area contributed by atoms with E-state index in [1.54, 1.807) is 34.6 Å². The number of carbonyl (C=O) groups is 11. The molecule has 2 aliphatic rings. The molecule has 22 heteroatoms. The number of ether oxygens (including phenoxy) is 1. The number of aliphatic hydroxyl groups excluding tert-OH is 1. The van der Waals surface area contributed by atoms with Crippen molar-refractivity contribution < 1.29 is 62.6 Å². The first-order valence-corrected chi connectivity index (χ1v) is 33.9. The molecule has 0 aromatic carbocycles. The van der Waals surface area contributed by atoms with Crippen molar-refractivity contribution in [3.05, 3.63) is 0 Å². The number of likely N-dealkylation sites (N-methyl/N-ethyl adjacent to an activating group) is 7. The number of Topliss-reactive ketones (excluding diaryl/α,β-unsaturated/α-hetero) is 3. The molecule has 2 heterocycles. The molecular weight excluding hydrogens is 1160 g/mol. The Hall–Kier alpha value is -5.35. The van der Waals surface area contributed by atoms with Gasteiger partial charge in [0, 0.05) is 99.4 Å². The highest BCUT2D eigenvalue weighted by atomic mass is 16.5. The Balaban J connectivity index is 3.03. The van der Waals surface area contributed by atoms with E-state index in [4.69, 9.17) is 4.74 Å². The van der Waals surface area contributed by atoms with Gasteiger partial charge in [-0.05, 0) is 99.8 Å². The molecule has 2 N–H and O–H groups in total. The quantitative estimate of drug-likeness (QED) is 0.168. The zero-order valence-electron chi connectivity index (χ0n) is 60.5. The summed E-state index contributed by atoms with van der Waals surface area (Å²) in [6, 6.07) is -9.25. The molecule has 0 aromatic heterocycles. The summed E-state index contributed by atoms with van der Waals surface area (Å²) >= 11 is 0. The molecule has 0 bridgehead atoms. The number of amides is 8. The van der Waals surface area contributed by atoms with Crippen molar-refractivity contribution in [3.8, 4) is 0 Å². The maximum absolute atomic E-state index is 15.4. The average molecular weight is 1290 g/mol. The molecule has 0 spiro atoms. The van der Waals surface area contributed by atoms with E-state index in [2.05, 4.69) is 10.2 Å². The van der Waals surface area contributed by atoms with Crippen molar-refractivity contribution in [1.82, 2.24) is 44.5 Å². The molecule has 0 unspecified atom stereocenters. The Morgan fingerprint density at radius 3 is 1.31 bits per heavy atom. The summed E-state index contributed by atoms with van der Waals surface area (Å²) in [6.07, 6.45) is -0.851. The first-order valence-electron chi connectivity index (χ1n) is 33.9. The van der Waals surface area contributed by atoms with Crippen molar-refractivity contribution in [1.29, 1.82) is 0 Å². The Kier molecular flexibility index (Phi) is 33.7. The largest absolute Gasteiger partial charge is 0.390 e. The first-order chi connectivity index (χ1) is 42.2. The molecule has 91 heavy (non-hydrogen) atoms. The number of carbonyl (C=O) groups excluding carboxylic acids is 11. The molecule has 2 aliphatic heterocycles. The summed E-state index contributed by atoms with van der Waals surface area (Å²) in [5.74, 6) is -10.7. The standard InChI is InChI=1S/C69H123N9O13/c1-25-49-38-58(81)60(61(82)46(15)27-28-78-29-31-91-32-30-78)77(24)69(90)59(45(13)14)76(23)68(89)55(36-43(9)10)75(22)67(88)54(35-42(7)8)74(21)63(84)48(17)70-62(83)47(16)37-56(79)52(33-40(3)4)72(19)65(86)50(44(11)12)39-57(80)53(34-41(5)6)73(20)66(87)51(26-2)71(18)64(49)85/h40-55,59-61,82H,25-39H2,1-24H3,(H,70,83)/t46-,47+,48+,49+,50-,51-,52-,53+,54-,55-,59-,60+,61-/m1/s1. The van der Waals surface area contributed by atoms with Gasteiger partial charge in [0.1, 0.15) is 36.3 Å². The first kappa shape index (κ1) is 81.7. The minimum Gasteiger partial charge on any atom is -0.390 e. The monoisotopic (exact) mass is 1290 g/mol. The van der Waals surface area contributed by atoms with Crippen molar-refractivity contribution in [3.63, 3.8) is 0 Å². The van der Waals surface area contributed by atoms with Crippen LogP contribution < -0.4 is 5.32 Å². The Bertz CT molecular complexity index is 2450. The van der Waals surface area contributed by atoms with Gasteiger partial charge in [0.25, 0.3) is 0 Å². The van der Waals surface area contributed by atoms with Crippen LogP contribution in [0.5, 0.6) is 0 Å². The summed E-state index contributed by atoms with van der Waals surface area (Å²) in [4.78, 5) is 175. The lowest BCUT2D eigenvalue weighted by molar-refractivity contribution is -0.157. The number of nitrogens with one attached hydrogen (secondary N) is 1. The lowest BCUT2D eigenvalue weighted by Gasteiger charge is -2.42. The van der Waals surface area contributed by atoms with Gasteiger partial charge in [0.2, 0.25) is 47.3 Å². The molecule has 522 valence electrons. The fourth-order valence-electron chi connectivity index (χ4n) is 13.0. The van der Waals surface area contributed by atoms with Gasteiger partial charge >= 0.3 is 0 Å². The predicted octanol–water partition coefficient (Wildman–Crippen LogP) is 6.08. The molecular formula is C69H123N9O13. The minimum atomic E-state index is -1.50. The van der Waals surface area contributed by atoms with E-state index in [1.807, 2.05) is 76.2 Å². The lowest BCUT2D eigenvalue weighted by atomic mass is 9.84. The van der Waals surface area contributed by atoms with Crippen molar-refractivity contribution in [2.45, 2.75) is 236 Å². The van der Waals surface area contributed by atoms with Crippen LogP contribution in [0.15, 0.2) is 0 Å². The third kappa shape index (κ3) is 22.7. The van der Waals surface area contributed by atoms with Gasteiger partial charge in [-0.2, -0.15) is 0 Å². The van der Waals surface area contributed by atoms with E-state index in [0.717, 1.165) is 0 Å². The normalized spacial score (nSPS) is 28.1. The van der Waals surface area contributed by atoms with E-state index < -0.39 is 143 Å². The molecule has 2 saturated heterocycles. The SMILES string of the molecule is CC[C@H]1CC(=O)[C@@H]([C@H](O)[C@H](C)CCN2CCOCC2)N(C)C(=O)[C@@H](C(C)C)N(C)C(=O)[C@@H](CC(C)C)N(C)C(=O)[C@@H](CC(C)C)N(C)C(=O)[C@H](C)NC(=O)[C@@H](C)CC(=O)[C@@H](CC(C)C)N(C)C(=O)[C@@H](C(C)C)CC(=O)[C@H](CC(C)C)N(C)C(=O)[C@@H](CC)N(C)C1=O. The van der Waals surface area contributed by atoms with Crippen LogP contribution in [0.3, 0.4) is 0 Å². The third-order valence-electron chi connectivity index (χ3n) is 19.0. The number of hydrogen-bond donors (Lipinski definition) is 2. The summed E-state index contributed by atoms with van der Waals surface area (Å²) in [6.45, 7) is 33.8. The highest BCUT2D eigenvalue weighted by Crippen LogP contribution is 2.30. The van der Waals surface area contributed by atoms with Crippen LogP contribution in [0.4, 0.5) is 0 Å². The molecule has 0 aliphatic carbocycles. The maximum Gasteiger partial charge on any atom is 0.246 e. The second-order valence-corrected chi connectivity index (χ2v) is 29.1. The Morgan fingerprint density at radius 1 is 0.451 bits per heavy atom. The Morgan fingerprint density at radius 2 is 0.857 bits per heavy atom. The molecule has 0 radical (unpaired) electrons. The summed E-state index contributed by atoms with van der Waals surface area (Å²) < 4.78 is 5.56. The summed E-state index contributed by atoms with van der Waals surface area (Å²) in [5.41, 5.74) is 0. The number of nitrogens with zero attached hydrogens (tertiary/aromatic N) is 8. The fourth-order valence-corrected chi connectivity index (χ4v) is 13.0. The van der Waals surface area contributed by atoms with Crippen LogP contribution in [0.2, 0.25) is 0 Å². The van der Waals surface area contributed by atoms with Gasteiger partial charge in [-0.25, -0.2) is 0 Å². The molecule has 22 nitrogen and oxygen atoms in total. The predicted molar refractivity (Wildman–Crippen MR) is 354 cm³/mol. The minimum absolute atomic E-state index is 0.0702. The van der Waals surface area contributed by atoms with Crippen LogP contribution in [0.1, 0.15) is 182 Å². The Labute approximate surface area is 547 Å². The van der Waals surface area contributed by atoms with Gasteiger partial charge in [-0.1, -0.05) is 111 Å². The second-order valence-electron chi connectivity index (χ2n) is 29.1. The lowest BCUT2D eigenvalue weighted by Crippen LogP contribution is -2.62. The second kappa shape index (κ2) is 37.5. The smallest absolute Gasteiger partial charge is 0.246 e. The zero-order chi connectivity index (χ0) is 70.0. The third-order valence-corrected chi connectivity index (χ3v) is 19.0. The number of morpholine rings is 1. The molecule has 0 saturated carbocycles. The number of hydrogen-bond acceptors (Lipinski definition) is 14. The molecule has 8 amide bonds. The summed E-state index contributed by atoms with van der Waals surface area (Å²) in [5, 5.41) is 15.3. The topological polar surface area (TPSA) is 255 Å². The zero-order valence-corrected chi connectivity index (χ0v) is 60.5. The van der Waals surface area contributed by atoms with Crippen LogP contribution in [0, 0.1) is 59.2 Å². The van der Waals surface area contributed by atoms with Crippen LogP contribution in [-0.2, 0) is 57.5 Å². The van der Waals surface area contributed by atoms with Crippen LogP contribution >= 0.6 is 0 Å². The number of ketones is 3. The van der Waals surface area contributed by atoms with Crippen molar-refractivity contribution >= 4 is 64.6 Å². The van der Waals surface area contributed by atoms with E-state index in [-0.39, 0.29) is 92.5 Å². The molecule has 2 rings (SSSR count). The summed E-state index contributed by atoms with van der Waals surface area (Å²) in [7, 11) is 10.4. The van der Waals surface area contributed by atoms with Crippen LogP contribution in [0.25, 0.3) is 0 Å². The number of aliphatic hydroxyl groups is 1. The van der Waals surface area contributed by atoms with E-state index >= 15 is 19.2 Å². The molecule has 0 aromatic rings. The van der Waals surface area contributed by atoms with Crippen molar-refractivity contribution in [2.75, 3.05) is 82.2 Å². The van der Waals surface area contributed by atoms with Gasteiger partial charge in [-0.15, -0.1) is 0 Å². The fraction of sp³-hybridized carbons (Fsp3) is 0.841. The van der Waals surface area contributed by atoms with Crippen LogP contribution in [-0.4, -0.2) is 246 Å².